The number of ether oxygens (including phenoxy) is 1. The molecule has 0 unspecified atom stereocenters. The van der Waals surface area contributed by atoms with Crippen LogP contribution in [0.4, 0.5) is 0 Å². The third-order valence-electron chi connectivity index (χ3n) is 3.87. The summed E-state index contributed by atoms with van der Waals surface area (Å²) in [6.45, 7) is 0.932. The van der Waals surface area contributed by atoms with Crippen LogP contribution in [-0.4, -0.2) is 4.99 Å². The Labute approximate surface area is 168 Å². The normalized spacial score (nSPS) is 10.4. The third kappa shape index (κ3) is 4.76. The lowest BCUT2D eigenvalue weighted by Crippen LogP contribution is -2.22. The van der Waals surface area contributed by atoms with Crippen molar-refractivity contribution >= 4 is 40.4 Å². The van der Waals surface area contributed by atoms with Crippen molar-refractivity contribution in [1.82, 2.24) is 5.32 Å². The maximum atomic E-state index is 6.20. The van der Waals surface area contributed by atoms with Crippen molar-refractivity contribution in [1.29, 1.82) is 0 Å². The molecule has 0 fully saturated rings. The van der Waals surface area contributed by atoms with E-state index < -0.39 is 0 Å². The molecule has 0 heterocycles. The fraction of sp³-hybridized carbons (Fsp3) is 0.0952. The highest BCUT2D eigenvalue weighted by Gasteiger charge is 2.10. The average molecular weight is 402 g/mol. The van der Waals surface area contributed by atoms with Crippen molar-refractivity contribution in [2.45, 2.75) is 13.2 Å². The molecule has 0 atom stereocenters. The standard InChI is InChI=1S/C21H17Cl2NOS/c22-18-10-4-1-7-15(18)13-24-21(26)17-9-3-6-12-20(17)25-14-16-8-2-5-11-19(16)23/h1-12H,13-14H2,(H,24,26). The summed E-state index contributed by atoms with van der Waals surface area (Å²) < 4.78 is 5.96. The predicted molar refractivity (Wildman–Crippen MR) is 112 cm³/mol. The molecule has 3 aromatic carbocycles. The van der Waals surface area contributed by atoms with E-state index in [2.05, 4.69) is 5.32 Å². The van der Waals surface area contributed by atoms with Crippen LogP contribution in [0.3, 0.4) is 0 Å². The van der Waals surface area contributed by atoms with Crippen LogP contribution in [0.15, 0.2) is 72.8 Å². The van der Waals surface area contributed by atoms with E-state index in [0.717, 1.165) is 16.7 Å². The second kappa shape index (κ2) is 9.04. The van der Waals surface area contributed by atoms with Crippen molar-refractivity contribution < 1.29 is 4.74 Å². The fourth-order valence-electron chi connectivity index (χ4n) is 2.46. The van der Waals surface area contributed by atoms with Gasteiger partial charge >= 0.3 is 0 Å². The summed E-state index contributed by atoms with van der Waals surface area (Å²) >= 11 is 17.9. The molecule has 0 saturated carbocycles. The van der Waals surface area contributed by atoms with Crippen molar-refractivity contribution in [3.05, 3.63) is 99.5 Å². The monoisotopic (exact) mass is 401 g/mol. The van der Waals surface area contributed by atoms with Crippen molar-refractivity contribution in [3.63, 3.8) is 0 Å². The summed E-state index contributed by atoms with van der Waals surface area (Å²) in [6.07, 6.45) is 0. The van der Waals surface area contributed by atoms with Gasteiger partial charge in [-0.1, -0.05) is 84.0 Å². The van der Waals surface area contributed by atoms with Crippen LogP contribution in [0, 0.1) is 0 Å². The van der Waals surface area contributed by atoms with Gasteiger partial charge in [-0.25, -0.2) is 0 Å². The van der Waals surface area contributed by atoms with Crippen LogP contribution < -0.4 is 10.1 Å². The number of benzene rings is 3. The number of hydrogen-bond acceptors (Lipinski definition) is 2. The van der Waals surface area contributed by atoms with E-state index in [1.807, 2.05) is 72.8 Å². The minimum absolute atomic E-state index is 0.379. The quantitative estimate of drug-likeness (QED) is 0.508. The van der Waals surface area contributed by atoms with Crippen LogP contribution in [0.25, 0.3) is 0 Å². The molecule has 26 heavy (non-hydrogen) atoms. The Morgan fingerprint density at radius 3 is 2.08 bits per heavy atom. The molecule has 5 heteroatoms. The number of rotatable bonds is 6. The molecular formula is C21H17Cl2NOS. The Balaban J connectivity index is 1.69. The number of halogens is 2. The lowest BCUT2D eigenvalue weighted by Gasteiger charge is -2.14. The van der Waals surface area contributed by atoms with E-state index in [9.17, 15) is 0 Å². The predicted octanol–water partition coefficient (Wildman–Crippen LogP) is 6.04. The first kappa shape index (κ1) is 18.7. The van der Waals surface area contributed by atoms with E-state index in [-0.39, 0.29) is 0 Å². The number of para-hydroxylation sites is 1. The molecule has 0 aliphatic rings. The van der Waals surface area contributed by atoms with Gasteiger partial charge in [0.2, 0.25) is 0 Å². The first-order chi connectivity index (χ1) is 12.6. The number of nitrogens with one attached hydrogen (secondary N) is 1. The van der Waals surface area contributed by atoms with Crippen LogP contribution >= 0.6 is 35.4 Å². The molecule has 2 nitrogen and oxygen atoms in total. The molecule has 0 aliphatic carbocycles. The molecule has 0 aromatic heterocycles. The first-order valence-electron chi connectivity index (χ1n) is 8.12. The highest BCUT2D eigenvalue weighted by atomic mass is 35.5. The maximum absolute atomic E-state index is 6.20. The van der Waals surface area contributed by atoms with E-state index >= 15 is 0 Å². The van der Waals surface area contributed by atoms with Gasteiger partial charge in [-0.05, 0) is 29.8 Å². The third-order valence-corrected chi connectivity index (χ3v) is 4.97. The average Bonchev–Trinajstić information content (AvgIpc) is 2.67. The highest BCUT2D eigenvalue weighted by molar-refractivity contribution is 7.80. The molecular weight excluding hydrogens is 385 g/mol. The van der Waals surface area contributed by atoms with Gasteiger partial charge in [0.25, 0.3) is 0 Å². The maximum Gasteiger partial charge on any atom is 0.129 e. The summed E-state index contributed by atoms with van der Waals surface area (Å²) in [5.74, 6) is 0.712. The van der Waals surface area contributed by atoms with Gasteiger partial charge in [0, 0.05) is 22.2 Å². The van der Waals surface area contributed by atoms with Crippen molar-refractivity contribution in [2.24, 2.45) is 0 Å². The van der Waals surface area contributed by atoms with Gasteiger partial charge < -0.3 is 10.1 Å². The highest BCUT2D eigenvalue weighted by Crippen LogP contribution is 2.23. The smallest absolute Gasteiger partial charge is 0.129 e. The zero-order valence-corrected chi connectivity index (χ0v) is 16.2. The van der Waals surface area contributed by atoms with Gasteiger partial charge in [-0.15, -0.1) is 0 Å². The van der Waals surface area contributed by atoms with Crippen LogP contribution in [0.5, 0.6) is 5.75 Å². The Hall–Kier alpha value is -2.07. The number of thiocarbonyl (C=S) groups is 1. The first-order valence-corrected chi connectivity index (χ1v) is 9.28. The summed E-state index contributed by atoms with van der Waals surface area (Å²) in [5, 5.41) is 4.65. The van der Waals surface area contributed by atoms with E-state index in [1.165, 1.54) is 0 Å². The minimum Gasteiger partial charge on any atom is -0.488 e. The number of hydrogen-bond donors (Lipinski definition) is 1. The van der Waals surface area contributed by atoms with Gasteiger partial charge in [0.15, 0.2) is 0 Å². The molecule has 0 spiro atoms. The summed E-state index contributed by atoms with van der Waals surface area (Å²) in [7, 11) is 0. The Bertz CT molecular complexity index is 914. The summed E-state index contributed by atoms with van der Waals surface area (Å²) in [6, 6.07) is 23.0. The van der Waals surface area contributed by atoms with Gasteiger partial charge in [0.05, 0.1) is 5.56 Å². The molecule has 0 radical (unpaired) electrons. The van der Waals surface area contributed by atoms with Crippen molar-refractivity contribution in [2.75, 3.05) is 0 Å². The molecule has 3 rings (SSSR count). The SMILES string of the molecule is S=C(NCc1ccccc1Cl)c1ccccc1OCc1ccccc1Cl. The zero-order chi connectivity index (χ0) is 18.4. The second-order valence-corrected chi connectivity index (χ2v) is 6.87. The molecule has 0 saturated heterocycles. The second-order valence-electron chi connectivity index (χ2n) is 5.65. The van der Waals surface area contributed by atoms with E-state index in [4.69, 9.17) is 40.2 Å². The topological polar surface area (TPSA) is 21.3 Å². The lowest BCUT2D eigenvalue weighted by molar-refractivity contribution is 0.305. The Morgan fingerprint density at radius 2 is 1.38 bits per heavy atom. The fourth-order valence-corrected chi connectivity index (χ4v) is 3.10. The zero-order valence-electron chi connectivity index (χ0n) is 13.9. The van der Waals surface area contributed by atoms with Crippen LogP contribution in [0.2, 0.25) is 10.0 Å². The summed E-state index contributed by atoms with van der Waals surface area (Å²) in [4.78, 5) is 0.611. The minimum atomic E-state index is 0.379. The largest absolute Gasteiger partial charge is 0.488 e. The summed E-state index contributed by atoms with van der Waals surface area (Å²) in [5.41, 5.74) is 2.76. The molecule has 0 amide bonds. The molecule has 0 aliphatic heterocycles. The van der Waals surface area contributed by atoms with E-state index in [1.54, 1.807) is 0 Å². The molecule has 3 aromatic rings. The Kier molecular flexibility index (Phi) is 6.51. The van der Waals surface area contributed by atoms with Crippen LogP contribution in [0.1, 0.15) is 16.7 Å². The molecule has 1 N–H and O–H groups in total. The van der Waals surface area contributed by atoms with Gasteiger partial charge in [-0.2, -0.15) is 0 Å². The lowest BCUT2D eigenvalue weighted by atomic mass is 10.1. The van der Waals surface area contributed by atoms with E-state index in [0.29, 0.717) is 33.9 Å². The van der Waals surface area contributed by atoms with Crippen LogP contribution in [-0.2, 0) is 13.2 Å². The van der Waals surface area contributed by atoms with Gasteiger partial charge in [0.1, 0.15) is 17.3 Å². The van der Waals surface area contributed by atoms with Crippen molar-refractivity contribution in [3.8, 4) is 5.75 Å². The molecule has 0 bridgehead atoms. The Morgan fingerprint density at radius 1 is 0.808 bits per heavy atom. The van der Waals surface area contributed by atoms with Gasteiger partial charge in [-0.3, -0.25) is 0 Å². The molecule has 132 valence electrons.